The van der Waals surface area contributed by atoms with E-state index in [1.807, 2.05) is 30.3 Å². The molecule has 0 heterocycles. The van der Waals surface area contributed by atoms with Crippen LogP contribution in [0.5, 0.6) is 0 Å². The first-order valence-electron chi connectivity index (χ1n) is 7.29. The fourth-order valence-electron chi connectivity index (χ4n) is 2.80. The molecule has 1 aliphatic carbocycles. The Balaban J connectivity index is 2.03. The van der Waals surface area contributed by atoms with Gasteiger partial charge in [0.15, 0.2) is 0 Å². The maximum absolute atomic E-state index is 12.4. The molecule has 0 aromatic heterocycles. The lowest BCUT2D eigenvalue weighted by Crippen LogP contribution is -2.58. The summed E-state index contributed by atoms with van der Waals surface area (Å²) >= 11 is 5.12. The first kappa shape index (κ1) is 16.4. The minimum Gasteiger partial charge on any atom is -0.392 e. The third-order valence-electron chi connectivity index (χ3n) is 4.03. The normalized spacial score (nSPS) is 18.3. The Morgan fingerprint density at radius 1 is 1.19 bits per heavy atom. The summed E-state index contributed by atoms with van der Waals surface area (Å²) in [5.41, 5.74) is 6.11. The predicted molar refractivity (Wildman–Crippen MR) is 89.7 cm³/mol. The van der Waals surface area contributed by atoms with Crippen LogP contribution < -0.4 is 10.5 Å². The van der Waals surface area contributed by atoms with Gasteiger partial charge in [-0.05, 0) is 24.8 Å². The van der Waals surface area contributed by atoms with Crippen LogP contribution in [0.2, 0.25) is 0 Å². The molecule has 1 saturated carbocycles. The van der Waals surface area contributed by atoms with E-state index in [1.165, 1.54) is 0 Å². The molecule has 0 bridgehead atoms. The summed E-state index contributed by atoms with van der Waals surface area (Å²) < 4.78 is 27.5. The minimum absolute atomic E-state index is 0.0569. The summed E-state index contributed by atoms with van der Waals surface area (Å²) in [6.07, 6.45) is 4.91. The number of aryl methyl sites for hydroxylation is 1. The van der Waals surface area contributed by atoms with E-state index in [0.717, 1.165) is 24.8 Å². The van der Waals surface area contributed by atoms with E-state index in [2.05, 4.69) is 4.72 Å². The third-order valence-corrected chi connectivity index (χ3v) is 5.87. The van der Waals surface area contributed by atoms with Crippen molar-refractivity contribution in [2.45, 2.75) is 44.1 Å². The van der Waals surface area contributed by atoms with Crippen LogP contribution in [-0.4, -0.2) is 24.7 Å². The zero-order valence-electron chi connectivity index (χ0n) is 12.0. The number of nitrogens with one attached hydrogen (secondary N) is 1. The summed E-state index contributed by atoms with van der Waals surface area (Å²) in [7, 11) is -3.40. The summed E-state index contributed by atoms with van der Waals surface area (Å²) in [5, 5.41) is 0. The van der Waals surface area contributed by atoms with Crippen LogP contribution in [0.15, 0.2) is 30.3 Å². The Kier molecular flexibility index (Phi) is 5.35. The quantitative estimate of drug-likeness (QED) is 0.786. The SMILES string of the molecule is NC(=S)C1(NS(=O)(=O)CCc2ccccc2)CCCCC1. The maximum atomic E-state index is 12.4. The topological polar surface area (TPSA) is 72.2 Å². The van der Waals surface area contributed by atoms with E-state index in [9.17, 15) is 8.42 Å². The maximum Gasteiger partial charge on any atom is 0.212 e. The lowest BCUT2D eigenvalue weighted by Gasteiger charge is -2.36. The van der Waals surface area contributed by atoms with E-state index in [1.54, 1.807) is 0 Å². The summed E-state index contributed by atoms with van der Waals surface area (Å²) in [6.45, 7) is 0. The first-order chi connectivity index (χ1) is 9.94. The Morgan fingerprint density at radius 3 is 2.38 bits per heavy atom. The largest absolute Gasteiger partial charge is 0.392 e. The molecule has 0 amide bonds. The Hall–Kier alpha value is -0.980. The molecule has 0 atom stereocenters. The molecule has 3 N–H and O–H groups in total. The van der Waals surface area contributed by atoms with E-state index < -0.39 is 15.6 Å². The van der Waals surface area contributed by atoms with Crippen LogP contribution in [0, 0.1) is 0 Å². The van der Waals surface area contributed by atoms with Crippen LogP contribution in [0.1, 0.15) is 37.7 Å². The van der Waals surface area contributed by atoms with Gasteiger partial charge in [-0.25, -0.2) is 13.1 Å². The van der Waals surface area contributed by atoms with Gasteiger partial charge in [0.2, 0.25) is 10.0 Å². The summed E-state index contributed by atoms with van der Waals surface area (Å²) in [5.74, 6) is 0.0569. The second-order valence-corrected chi connectivity index (χ2v) is 7.95. The van der Waals surface area contributed by atoms with Crippen molar-refractivity contribution in [3.63, 3.8) is 0 Å². The molecular formula is C15H22N2O2S2. The summed E-state index contributed by atoms with van der Waals surface area (Å²) in [4.78, 5) is 0.269. The van der Waals surface area contributed by atoms with Crippen molar-refractivity contribution in [2.24, 2.45) is 5.73 Å². The van der Waals surface area contributed by atoms with E-state index in [-0.39, 0.29) is 10.7 Å². The number of thiocarbonyl (C=S) groups is 1. The van der Waals surface area contributed by atoms with Crippen LogP contribution in [0.25, 0.3) is 0 Å². The fourth-order valence-corrected chi connectivity index (χ4v) is 4.64. The Morgan fingerprint density at radius 2 is 1.81 bits per heavy atom. The molecule has 1 aromatic carbocycles. The van der Waals surface area contributed by atoms with E-state index >= 15 is 0 Å². The van der Waals surface area contributed by atoms with Crippen molar-refractivity contribution in [1.82, 2.24) is 4.72 Å². The molecule has 1 fully saturated rings. The van der Waals surface area contributed by atoms with Crippen LogP contribution in [0.4, 0.5) is 0 Å². The smallest absolute Gasteiger partial charge is 0.212 e. The molecule has 6 heteroatoms. The zero-order valence-corrected chi connectivity index (χ0v) is 13.7. The van der Waals surface area contributed by atoms with Crippen molar-refractivity contribution in [3.05, 3.63) is 35.9 Å². The molecule has 0 saturated heterocycles. The van der Waals surface area contributed by atoms with Crippen LogP contribution in [-0.2, 0) is 16.4 Å². The molecule has 4 nitrogen and oxygen atoms in total. The average molecular weight is 326 g/mol. The molecular weight excluding hydrogens is 304 g/mol. The molecule has 0 spiro atoms. The molecule has 116 valence electrons. The lowest BCUT2D eigenvalue weighted by molar-refractivity contribution is 0.353. The second-order valence-electron chi connectivity index (χ2n) is 5.66. The highest BCUT2D eigenvalue weighted by molar-refractivity contribution is 7.89. The van der Waals surface area contributed by atoms with Crippen molar-refractivity contribution in [3.8, 4) is 0 Å². The Labute approximate surface area is 132 Å². The fraction of sp³-hybridized carbons (Fsp3) is 0.533. The van der Waals surface area contributed by atoms with Crippen LogP contribution >= 0.6 is 12.2 Å². The number of hydrogen-bond donors (Lipinski definition) is 2. The highest BCUT2D eigenvalue weighted by Crippen LogP contribution is 2.29. The molecule has 0 unspecified atom stereocenters. The highest BCUT2D eigenvalue weighted by Gasteiger charge is 2.38. The minimum atomic E-state index is -3.40. The van der Waals surface area contributed by atoms with Gasteiger partial charge in [-0.15, -0.1) is 0 Å². The van der Waals surface area contributed by atoms with E-state index in [4.69, 9.17) is 18.0 Å². The highest BCUT2D eigenvalue weighted by atomic mass is 32.2. The molecule has 21 heavy (non-hydrogen) atoms. The number of rotatable bonds is 6. The van der Waals surface area contributed by atoms with Gasteiger partial charge in [0.1, 0.15) is 0 Å². The molecule has 0 radical (unpaired) electrons. The number of benzene rings is 1. The second kappa shape index (κ2) is 6.85. The number of sulfonamides is 1. The van der Waals surface area contributed by atoms with Crippen LogP contribution in [0.3, 0.4) is 0 Å². The van der Waals surface area contributed by atoms with Crippen molar-refractivity contribution < 1.29 is 8.42 Å². The van der Waals surface area contributed by atoms with Gasteiger partial charge < -0.3 is 5.73 Å². The van der Waals surface area contributed by atoms with Gasteiger partial charge in [0.05, 0.1) is 16.3 Å². The number of hydrogen-bond acceptors (Lipinski definition) is 3. The van der Waals surface area contributed by atoms with Crippen molar-refractivity contribution in [2.75, 3.05) is 5.75 Å². The van der Waals surface area contributed by atoms with Gasteiger partial charge in [-0.1, -0.05) is 61.8 Å². The number of nitrogens with two attached hydrogens (primary N) is 1. The first-order valence-corrected chi connectivity index (χ1v) is 9.35. The van der Waals surface area contributed by atoms with Crippen molar-refractivity contribution >= 4 is 27.2 Å². The van der Waals surface area contributed by atoms with Gasteiger partial charge in [0.25, 0.3) is 0 Å². The van der Waals surface area contributed by atoms with Gasteiger partial charge in [-0.3, -0.25) is 0 Å². The predicted octanol–water partition coefficient (Wildman–Crippen LogP) is 2.14. The molecule has 1 aromatic rings. The van der Waals surface area contributed by atoms with Gasteiger partial charge >= 0.3 is 0 Å². The van der Waals surface area contributed by atoms with E-state index in [0.29, 0.717) is 19.3 Å². The van der Waals surface area contributed by atoms with Gasteiger partial charge in [-0.2, -0.15) is 0 Å². The molecule has 0 aliphatic heterocycles. The standard InChI is InChI=1S/C15H22N2O2S2/c16-14(20)15(10-5-2-6-11-15)17-21(18,19)12-9-13-7-3-1-4-8-13/h1,3-4,7-8,17H,2,5-6,9-12H2,(H2,16,20). The summed E-state index contributed by atoms with van der Waals surface area (Å²) in [6, 6.07) is 9.60. The average Bonchev–Trinajstić information content (AvgIpc) is 2.47. The monoisotopic (exact) mass is 326 g/mol. The molecule has 1 aliphatic rings. The van der Waals surface area contributed by atoms with Gasteiger partial charge in [0, 0.05) is 0 Å². The molecule has 2 rings (SSSR count). The Bertz CT molecular complexity index is 579. The third kappa shape index (κ3) is 4.49. The van der Waals surface area contributed by atoms with Crippen molar-refractivity contribution in [1.29, 1.82) is 0 Å². The lowest BCUT2D eigenvalue weighted by atomic mass is 9.82. The zero-order chi connectivity index (χ0) is 15.3.